The zero-order valence-electron chi connectivity index (χ0n) is 15.7. The first kappa shape index (κ1) is 19.4. The number of halogens is 2. The van der Waals surface area contributed by atoms with Crippen molar-refractivity contribution < 1.29 is 23.0 Å². The van der Waals surface area contributed by atoms with Gasteiger partial charge in [-0.3, -0.25) is 0 Å². The predicted molar refractivity (Wildman–Crippen MR) is 97.4 cm³/mol. The van der Waals surface area contributed by atoms with Gasteiger partial charge in [0, 0.05) is 18.1 Å². The van der Waals surface area contributed by atoms with Gasteiger partial charge in [0.1, 0.15) is 23.4 Å². The second kappa shape index (κ2) is 8.13. The predicted octanol–water partition coefficient (Wildman–Crippen LogP) is 5.01. The highest BCUT2D eigenvalue weighted by Crippen LogP contribution is 2.44. The van der Waals surface area contributed by atoms with Gasteiger partial charge in [-0.25, -0.2) is 18.6 Å². The summed E-state index contributed by atoms with van der Waals surface area (Å²) in [4.78, 5) is 16.6. The molecule has 1 fully saturated rings. The highest BCUT2D eigenvalue weighted by Gasteiger charge is 2.37. The first-order valence-corrected chi connectivity index (χ1v) is 9.38. The molecule has 0 saturated carbocycles. The topological polar surface area (TPSA) is 48.4 Å². The zero-order valence-corrected chi connectivity index (χ0v) is 15.7. The summed E-state index contributed by atoms with van der Waals surface area (Å²) in [5.74, 6) is -1.87. The molecule has 0 radical (unpaired) electrons. The Bertz CT molecular complexity index is 854. The summed E-state index contributed by atoms with van der Waals surface area (Å²) in [6.45, 7) is 5.93. The van der Waals surface area contributed by atoms with Crippen molar-refractivity contribution in [3.63, 3.8) is 0 Å². The Morgan fingerprint density at radius 1 is 1.22 bits per heavy atom. The van der Waals surface area contributed by atoms with Gasteiger partial charge in [0.15, 0.2) is 0 Å². The second-order valence-corrected chi connectivity index (χ2v) is 6.29. The van der Waals surface area contributed by atoms with Crippen LogP contribution in [0.1, 0.15) is 61.5 Å². The minimum absolute atomic E-state index is 0.0787. The van der Waals surface area contributed by atoms with Crippen molar-refractivity contribution >= 4 is 5.97 Å². The van der Waals surface area contributed by atoms with Gasteiger partial charge in [-0.1, -0.05) is 13.8 Å². The molecule has 4 nitrogen and oxygen atoms in total. The maximum absolute atomic E-state index is 14.4. The molecule has 1 aromatic heterocycles. The van der Waals surface area contributed by atoms with Crippen molar-refractivity contribution in [2.45, 2.75) is 52.2 Å². The van der Waals surface area contributed by atoms with Crippen LogP contribution < -0.4 is 0 Å². The van der Waals surface area contributed by atoms with Gasteiger partial charge < -0.3 is 9.47 Å². The molecule has 2 atom stereocenters. The molecule has 1 aromatic carbocycles. The van der Waals surface area contributed by atoms with Crippen LogP contribution in [-0.2, 0) is 15.9 Å². The molecule has 2 unspecified atom stereocenters. The Morgan fingerprint density at radius 3 is 2.70 bits per heavy atom. The molecule has 0 spiro atoms. The molecule has 2 bridgehead atoms. The number of benzene rings is 1. The van der Waals surface area contributed by atoms with Gasteiger partial charge >= 0.3 is 5.97 Å². The van der Waals surface area contributed by atoms with E-state index in [0.717, 1.165) is 24.5 Å². The van der Waals surface area contributed by atoms with Gasteiger partial charge in [0.2, 0.25) is 0 Å². The Labute approximate surface area is 157 Å². The maximum atomic E-state index is 14.4. The number of fused-ring (bicyclic) bond motifs is 4. The van der Waals surface area contributed by atoms with Crippen molar-refractivity contribution in [2.24, 2.45) is 0 Å². The molecule has 27 heavy (non-hydrogen) atoms. The Morgan fingerprint density at radius 2 is 2.00 bits per heavy atom. The van der Waals surface area contributed by atoms with E-state index in [4.69, 9.17) is 9.47 Å². The van der Waals surface area contributed by atoms with Crippen LogP contribution in [0, 0.1) is 11.6 Å². The number of carbonyl (C=O) groups excluding carboxylic acids is 1. The minimum atomic E-state index is -0.665. The lowest BCUT2D eigenvalue weighted by Gasteiger charge is -2.26. The SMILES string of the molecule is CC.CCOC(=O)c1cc(-c2ccc(F)cc2F)c2c(n1)C1CCC(C2)O1. The number of ether oxygens (including phenoxy) is 2. The number of nitrogens with zero attached hydrogens (tertiary/aromatic N) is 1. The zero-order chi connectivity index (χ0) is 19.6. The highest BCUT2D eigenvalue weighted by molar-refractivity contribution is 5.89. The molecule has 2 aliphatic rings. The third-order valence-corrected chi connectivity index (χ3v) is 4.71. The Kier molecular flexibility index (Phi) is 5.85. The first-order valence-electron chi connectivity index (χ1n) is 9.38. The molecule has 6 heteroatoms. The number of carbonyl (C=O) groups is 1. The number of aromatic nitrogens is 1. The first-order chi connectivity index (χ1) is 13.1. The van der Waals surface area contributed by atoms with Crippen LogP contribution in [0.3, 0.4) is 0 Å². The summed E-state index contributed by atoms with van der Waals surface area (Å²) >= 11 is 0. The van der Waals surface area contributed by atoms with Crippen molar-refractivity contribution in [3.05, 3.63) is 52.9 Å². The Hall–Kier alpha value is -2.34. The summed E-state index contributed by atoms with van der Waals surface area (Å²) in [6.07, 6.45) is 2.22. The number of rotatable bonds is 3. The standard InChI is InChI=1S/C19H17F2NO3.C2H6/c1-2-24-19(23)16-9-13(12-5-3-10(20)7-15(12)21)14-8-11-4-6-17(25-11)18(14)22-16;1-2/h3,5,7,9,11,17H,2,4,6,8H2,1H3;1-2H3. The van der Waals surface area contributed by atoms with E-state index in [2.05, 4.69) is 4.98 Å². The van der Waals surface area contributed by atoms with Crippen LogP contribution in [0.5, 0.6) is 0 Å². The van der Waals surface area contributed by atoms with E-state index < -0.39 is 17.6 Å². The average Bonchev–Trinajstić information content (AvgIpc) is 3.05. The quantitative estimate of drug-likeness (QED) is 0.708. The summed E-state index contributed by atoms with van der Waals surface area (Å²) in [5.41, 5.74) is 2.47. The van der Waals surface area contributed by atoms with Crippen LogP contribution >= 0.6 is 0 Å². The summed E-state index contributed by atoms with van der Waals surface area (Å²) in [5, 5.41) is 0. The van der Waals surface area contributed by atoms with Crippen molar-refractivity contribution in [3.8, 4) is 11.1 Å². The van der Waals surface area contributed by atoms with Gasteiger partial charge in [0.25, 0.3) is 0 Å². The molecular formula is C21H23F2NO3. The van der Waals surface area contributed by atoms with Crippen molar-refractivity contribution in [1.29, 1.82) is 0 Å². The fraction of sp³-hybridized carbons (Fsp3) is 0.429. The van der Waals surface area contributed by atoms with Gasteiger partial charge in [-0.05, 0) is 49.1 Å². The van der Waals surface area contributed by atoms with Crippen molar-refractivity contribution in [1.82, 2.24) is 4.98 Å². The van der Waals surface area contributed by atoms with E-state index in [0.29, 0.717) is 17.7 Å². The van der Waals surface area contributed by atoms with Crippen LogP contribution in [-0.4, -0.2) is 23.7 Å². The maximum Gasteiger partial charge on any atom is 0.356 e. The summed E-state index contributed by atoms with van der Waals surface area (Å²) < 4.78 is 38.6. The lowest BCUT2D eigenvalue weighted by Crippen LogP contribution is -2.22. The lowest BCUT2D eigenvalue weighted by molar-refractivity contribution is 0.0291. The molecular weight excluding hydrogens is 352 g/mol. The van der Waals surface area contributed by atoms with E-state index in [1.165, 1.54) is 18.2 Å². The Balaban J connectivity index is 0.00000102. The van der Waals surface area contributed by atoms with Crippen molar-refractivity contribution in [2.75, 3.05) is 6.61 Å². The van der Waals surface area contributed by atoms with E-state index in [1.54, 1.807) is 6.92 Å². The van der Waals surface area contributed by atoms with Crippen LogP contribution in [0.25, 0.3) is 11.1 Å². The van der Waals surface area contributed by atoms with E-state index in [1.807, 2.05) is 13.8 Å². The fourth-order valence-electron chi connectivity index (χ4n) is 3.61. The molecule has 0 amide bonds. The van der Waals surface area contributed by atoms with E-state index >= 15 is 0 Å². The third kappa shape index (κ3) is 3.72. The fourth-order valence-corrected chi connectivity index (χ4v) is 3.61. The van der Waals surface area contributed by atoms with Crippen LogP contribution in [0.2, 0.25) is 0 Å². The molecule has 2 aliphatic heterocycles. The molecule has 3 heterocycles. The van der Waals surface area contributed by atoms with Gasteiger partial charge in [0.05, 0.1) is 18.4 Å². The van der Waals surface area contributed by atoms with E-state index in [9.17, 15) is 13.6 Å². The number of hydrogen-bond acceptors (Lipinski definition) is 4. The molecule has 144 valence electrons. The molecule has 2 aromatic rings. The van der Waals surface area contributed by atoms with Crippen LogP contribution in [0.4, 0.5) is 8.78 Å². The molecule has 4 rings (SSSR count). The summed E-state index contributed by atoms with van der Waals surface area (Å²) in [6, 6.07) is 4.99. The number of hydrogen-bond donors (Lipinski definition) is 0. The molecule has 0 aliphatic carbocycles. The van der Waals surface area contributed by atoms with Crippen LogP contribution in [0.15, 0.2) is 24.3 Å². The van der Waals surface area contributed by atoms with Gasteiger partial charge in [-0.2, -0.15) is 0 Å². The third-order valence-electron chi connectivity index (χ3n) is 4.71. The van der Waals surface area contributed by atoms with Gasteiger partial charge in [-0.15, -0.1) is 0 Å². The largest absolute Gasteiger partial charge is 0.461 e. The molecule has 0 N–H and O–H groups in total. The number of esters is 1. The molecule has 1 saturated heterocycles. The minimum Gasteiger partial charge on any atom is -0.461 e. The number of pyridine rings is 1. The lowest BCUT2D eigenvalue weighted by atomic mass is 9.92. The average molecular weight is 375 g/mol. The second-order valence-electron chi connectivity index (χ2n) is 6.29. The smallest absolute Gasteiger partial charge is 0.356 e. The summed E-state index contributed by atoms with van der Waals surface area (Å²) in [7, 11) is 0. The normalized spacial score (nSPS) is 19.7. The highest BCUT2D eigenvalue weighted by atomic mass is 19.1. The monoisotopic (exact) mass is 375 g/mol. The van der Waals surface area contributed by atoms with E-state index in [-0.39, 0.29) is 30.1 Å².